The van der Waals surface area contributed by atoms with Gasteiger partial charge in [0.15, 0.2) is 5.60 Å². The lowest BCUT2D eigenvalue weighted by molar-refractivity contribution is -0.145. The second-order valence-corrected chi connectivity index (χ2v) is 6.48. The zero-order valence-electron chi connectivity index (χ0n) is 15.1. The fourth-order valence-corrected chi connectivity index (χ4v) is 2.58. The average molecular weight is 367 g/mol. The number of nitrogens with one attached hydrogen (secondary N) is 2. The van der Waals surface area contributed by atoms with E-state index in [2.05, 4.69) is 10.6 Å². The highest BCUT2D eigenvalue weighted by Gasteiger charge is 2.29. The van der Waals surface area contributed by atoms with Crippen molar-refractivity contribution in [2.24, 2.45) is 0 Å². The van der Waals surface area contributed by atoms with E-state index in [-0.39, 0.29) is 18.6 Å². The number of fused-ring (bicyclic) bond motifs is 1. The Balaban J connectivity index is 1.65. The fourth-order valence-electron chi connectivity index (χ4n) is 2.58. The maximum Gasteiger partial charge on any atom is 0.323 e. The van der Waals surface area contributed by atoms with E-state index < -0.39 is 5.60 Å². The Bertz CT molecular complexity index is 893. The highest BCUT2D eigenvalue weighted by molar-refractivity contribution is 6.00. The maximum absolute atomic E-state index is 12.1. The Hall–Kier alpha value is -3.48. The predicted molar refractivity (Wildman–Crippen MR) is 105 cm³/mol. The summed E-state index contributed by atoms with van der Waals surface area (Å²) in [5.41, 5.74) is 7.62. The number of benzene rings is 2. The van der Waals surface area contributed by atoms with E-state index >= 15 is 0 Å². The molecule has 1 aliphatic rings. The van der Waals surface area contributed by atoms with Gasteiger partial charge in [-0.2, -0.15) is 0 Å². The van der Waals surface area contributed by atoms with E-state index in [0.717, 1.165) is 5.56 Å². The number of rotatable bonds is 4. The Kier molecular flexibility index (Phi) is 5.03. The molecule has 0 saturated heterocycles. The van der Waals surface area contributed by atoms with E-state index in [1.165, 1.54) is 6.92 Å². The van der Waals surface area contributed by atoms with Crippen molar-refractivity contribution in [2.75, 3.05) is 23.0 Å². The van der Waals surface area contributed by atoms with Gasteiger partial charge < -0.3 is 25.8 Å². The molecule has 0 saturated carbocycles. The summed E-state index contributed by atoms with van der Waals surface area (Å²) in [5, 5.41) is 5.51. The van der Waals surface area contributed by atoms with Crippen molar-refractivity contribution in [3.05, 3.63) is 54.1 Å². The lowest BCUT2D eigenvalue weighted by Gasteiger charge is -2.31. The van der Waals surface area contributed by atoms with Gasteiger partial charge in [0.2, 0.25) is 0 Å². The summed E-state index contributed by atoms with van der Waals surface area (Å²) in [7, 11) is 0. The predicted octanol–water partition coefficient (Wildman–Crippen LogP) is 3.64. The molecule has 1 aliphatic heterocycles. The number of urea groups is 1. The highest BCUT2D eigenvalue weighted by atomic mass is 16.6. The standard InChI is InChI=1S/C20H21N3O4/c1-13(24)26-12-20(2)10-9-14-11-17(7-8-18(14)27-20)23-19(25)22-16-5-3-15(21)4-6-16/h3-11H,12,21H2,1-2H3,(H2,22,23,25). The molecule has 0 aliphatic carbocycles. The van der Waals surface area contributed by atoms with E-state index in [0.29, 0.717) is 22.8 Å². The van der Waals surface area contributed by atoms with E-state index in [9.17, 15) is 9.59 Å². The second-order valence-electron chi connectivity index (χ2n) is 6.48. The smallest absolute Gasteiger partial charge is 0.323 e. The molecule has 7 heteroatoms. The number of hydrogen-bond donors (Lipinski definition) is 3. The molecule has 1 heterocycles. The summed E-state index contributed by atoms with van der Waals surface area (Å²) in [6.45, 7) is 3.32. The first kappa shape index (κ1) is 18.3. The first-order valence-corrected chi connectivity index (χ1v) is 8.42. The summed E-state index contributed by atoms with van der Waals surface area (Å²) < 4.78 is 11.0. The first-order chi connectivity index (χ1) is 12.8. The maximum atomic E-state index is 12.1. The normalized spacial score (nSPS) is 17.4. The molecule has 0 radical (unpaired) electrons. The van der Waals surface area contributed by atoms with Crippen molar-refractivity contribution in [1.82, 2.24) is 0 Å². The van der Waals surface area contributed by atoms with Crippen molar-refractivity contribution < 1.29 is 19.1 Å². The SMILES string of the molecule is CC(=O)OCC1(C)C=Cc2cc(NC(=O)Nc3ccc(N)cc3)ccc2O1. The first-order valence-electron chi connectivity index (χ1n) is 8.42. The van der Waals surface area contributed by atoms with Gasteiger partial charge in [-0.1, -0.05) is 6.08 Å². The van der Waals surface area contributed by atoms with Crippen LogP contribution in [0.5, 0.6) is 5.75 Å². The molecule has 3 rings (SSSR count). The Labute approximate surface area is 157 Å². The van der Waals surface area contributed by atoms with Gasteiger partial charge in [0.1, 0.15) is 12.4 Å². The number of anilines is 3. The molecule has 1 unspecified atom stereocenters. The zero-order valence-corrected chi connectivity index (χ0v) is 15.1. The topological polar surface area (TPSA) is 103 Å². The van der Waals surface area contributed by atoms with Crippen LogP contribution in [0.2, 0.25) is 0 Å². The molecule has 0 bridgehead atoms. The fraction of sp³-hybridized carbons (Fsp3) is 0.200. The van der Waals surface area contributed by atoms with Gasteiger partial charge in [-0.25, -0.2) is 4.79 Å². The van der Waals surface area contributed by atoms with E-state index in [1.54, 1.807) is 42.5 Å². The van der Waals surface area contributed by atoms with Crippen LogP contribution in [0, 0.1) is 0 Å². The van der Waals surface area contributed by atoms with Crippen LogP contribution in [0.15, 0.2) is 48.5 Å². The molecule has 27 heavy (non-hydrogen) atoms. The number of ether oxygens (including phenoxy) is 2. The average Bonchev–Trinajstić information content (AvgIpc) is 2.62. The highest BCUT2D eigenvalue weighted by Crippen LogP contribution is 2.33. The molecule has 4 N–H and O–H groups in total. The molecule has 0 fully saturated rings. The minimum absolute atomic E-state index is 0.127. The molecule has 2 aromatic carbocycles. The van der Waals surface area contributed by atoms with Gasteiger partial charge in [-0.15, -0.1) is 0 Å². The van der Waals surface area contributed by atoms with Crippen molar-refractivity contribution in [3.8, 4) is 5.75 Å². The molecule has 7 nitrogen and oxygen atoms in total. The Morgan fingerprint density at radius 3 is 2.48 bits per heavy atom. The quantitative estimate of drug-likeness (QED) is 0.565. The van der Waals surface area contributed by atoms with Gasteiger partial charge in [-0.05, 0) is 55.5 Å². The molecule has 140 valence electrons. The summed E-state index contributed by atoms with van der Waals surface area (Å²) in [4.78, 5) is 23.2. The van der Waals surface area contributed by atoms with Gasteiger partial charge in [-0.3, -0.25) is 4.79 Å². The third kappa shape index (κ3) is 4.78. The van der Waals surface area contributed by atoms with Gasteiger partial charge in [0.25, 0.3) is 0 Å². The number of amides is 2. The third-order valence-electron chi connectivity index (χ3n) is 3.96. The molecule has 2 aromatic rings. The number of carbonyl (C=O) groups excluding carboxylic acids is 2. The van der Waals surface area contributed by atoms with Crippen molar-refractivity contribution in [2.45, 2.75) is 19.4 Å². The van der Waals surface area contributed by atoms with Crippen molar-refractivity contribution in [3.63, 3.8) is 0 Å². The minimum atomic E-state index is -0.722. The van der Waals surface area contributed by atoms with E-state index in [4.69, 9.17) is 15.2 Å². The van der Waals surface area contributed by atoms with Gasteiger partial charge >= 0.3 is 12.0 Å². The minimum Gasteiger partial charge on any atom is -0.479 e. The molecule has 1 atom stereocenters. The summed E-state index contributed by atoms with van der Waals surface area (Å²) in [6, 6.07) is 11.8. The van der Waals surface area contributed by atoms with Crippen molar-refractivity contribution in [1.29, 1.82) is 0 Å². The number of carbonyl (C=O) groups is 2. The Morgan fingerprint density at radius 1 is 1.11 bits per heavy atom. The molecule has 0 spiro atoms. The van der Waals surface area contributed by atoms with Crippen molar-refractivity contribution >= 4 is 35.1 Å². The molecular formula is C20H21N3O4. The number of nitrogens with two attached hydrogens (primary N) is 1. The molecule has 0 aromatic heterocycles. The van der Waals surface area contributed by atoms with E-state index in [1.807, 2.05) is 19.1 Å². The largest absolute Gasteiger partial charge is 0.479 e. The lowest BCUT2D eigenvalue weighted by Crippen LogP contribution is -2.37. The Morgan fingerprint density at radius 2 is 1.78 bits per heavy atom. The number of nitrogen functional groups attached to an aromatic ring is 1. The molecular weight excluding hydrogens is 346 g/mol. The third-order valence-corrected chi connectivity index (χ3v) is 3.96. The lowest BCUT2D eigenvalue weighted by atomic mass is 10.0. The summed E-state index contributed by atoms with van der Waals surface area (Å²) in [5.74, 6) is 0.294. The van der Waals surface area contributed by atoms with Crippen LogP contribution >= 0.6 is 0 Å². The van der Waals surface area contributed by atoms with Crippen LogP contribution in [-0.2, 0) is 9.53 Å². The van der Waals surface area contributed by atoms with Gasteiger partial charge in [0, 0.05) is 29.5 Å². The second kappa shape index (κ2) is 7.41. The van der Waals surface area contributed by atoms with Crippen LogP contribution in [-0.4, -0.2) is 24.2 Å². The van der Waals surface area contributed by atoms with Crippen LogP contribution < -0.4 is 21.1 Å². The summed E-state index contributed by atoms with van der Waals surface area (Å²) in [6.07, 6.45) is 3.71. The van der Waals surface area contributed by atoms with Crippen LogP contribution in [0.25, 0.3) is 6.08 Å². The van der Waals surface area contributed by atoms with Crippen LogP contribution in [0.3, 0.4) is 0 Å². The molecule has 2 amide bonds. The number of esters is 1. The van der Waals surface area contributed by atoms with Crippen LogP contribution in [0.4, 0.5) is 21.9 Å². The number of hydrogen-bond acceptors (Lipinski definition) is 5. The van der Waals surface area contributed by atoms with Crippen LogP contribution in [0.1, 0.15) is 19.4 Å². The monoisotopic (exact) mass is 367 g/mol. The zero-order chi connectivity index (χ0) is 19.4. The van der Waals surface area contributed by atoms with Gasteiger partial charge in [0.05, 0.1) is 0 Å². The summed E-state index contributed by atoms with van der Waals surface area (Å²) >= 11 is 0.